The van der Waals surface area contributed by atoms with Crippen molar-refractivity contribution in [1.29, 1.82) is 0 Å². The number of aryl methyl sites for hydroxylation is 1. The molecule has 12 heteroatoms. The fraction of sp³-hybridized carbons (Fsp3) is 0.0769. The van der Waals surface area contributed by atoms with Crippen LogP contribution in [-0.2, 0) is 20.0 Å². The Balaban J connectivity index is 1.84. The standard InChI is InChI=1S/C13H12N4O5S3/c1-8-15-13(16-22-8)9-6-12(23-7-9)25(20,21)17-10-2-4-11(5-3-10)24(14,18)19/h2-7,17H,1H3,(H2,14,18,19). The first-order valence-corrected chi connectivity index (χ1v) is 10.6. The highest BCUT2D eigenvalue weighted by atomic mass is 32.2. The Morgan fingerprint density at radius 1 is 1.16 bits per heavy atom. The predicted molar refractivity (Wildman–Crippen MR) is 91.0 cm³/mol. The number of hydrogen-bond donors (Lipinski definition) is 2. The number of primary sulfonamides is 1. The molecule has 0 bridgehead atoms. The minimum atomic E-state index is -3.84. The van der Waals surface area contributed by atoms with Crippen molar-refractivity contribution in [3.8, 4) is 11.4 Å². The third-order valence-electron chi connectivity index (χ3n) is 3.06. The normalized spacial score (nSPS) is 12.2. The van der Waals surface area contributed by atoms with E-state index in [1.165, 1.54) is 30.3 Å². The molecule has 3 rings (SSSR count). The summed E-state index contributed by atoms with van der Waals surface area (Å²) in [4.78, 5) is 3.93. The molecule has 0 amide bonds. The number of aromatic nitrogens is 2. The molecule has 0 saturated heterocycles. The van der Waals surface area contributed by atoms with Crippen molar-refractivity contribution in [3.05, 3.63) is 41.6 Å². The molecule has 0 spiro atoms. The molecule has 132 valence electrons. The highest BCUT2D eigenvalue weighted by molar-refractivity contribution is 7.94. The van der Waals surface area contributed by atoms with Crippen molar-refractivity contribution in [1.82, 2.24) is 10.1 Å². The van der Waals surface area contributed by atoms with Crippen molar-refractivity contribution in [2.45, 2.75) is 16.0 Å². The Kier molecular flexibility index (Phi) is 4.36. The number of hydrogen-bond acceptors (Lipinski definition) is 8. The maximum Gasteiger partial charge on any atom is 0.271 e. The Labute approximate surface area is 147 Å². The van der Waals surface area contributed by atoms with Gasteiger partial charge in [-0.25, -0.2) is 22.0 Å². The lowest BCUT2D eigenvalue weighted by molar-refractivity contribution is 0.394. The number of thiophene rings is 1. The largest absolute Gasteiger partial charge is 0.339 e. The molecule has 0 fully saturated rings. The van der Waals surface area contributed by atoms with E-state index in [1.54, 1.807) is 12.3 Å². The van der Waals surface area contributed by atoms with Crippen LogP contribution in [0.2, 0.25) is 0 Å². The zero-order valence-corrected chi connectivity index (χ0v) is 15.2. The van der Waals surface area contributed by atoms with Crippen molar-refractivity contribution in [2.75, 3.05) is 4.72 Å². The van der Waals surface area contributed by atoms with E-state index in [0.717, 1.165) is 11.3 Å². The van der Waals surface area contributed by atoms with Gasteiger partial charge in [-0.15, -0.1) is 11.3 Å². The van der Waals surface area contributed by atoms with E-state index in [2.05, 4.69) is 14.9 Å². The summed E-state index contributed by atoms with van der Waals surface area (Å²) in [7, 11) is -7.68. The average molecular weight is 400 g/mol. The van der Waals surface area contributed by atoms with Crippen LogP contribution in [-0.4, -0.2) is 27.0 Å². The van der Waals surface area contributed by atoms with E-state index in [-0.39, 0.29) is 14.8 Å². The van der Waals surface area contributed by atoms with Gasteiger partial charge in [0.1, 0.15) is 4.21 Å². The smallest absolute Gasteiger partial charge is 0.271 e. The van der Waals surface area contributed by atoms with E-state index in [0.29, 0.717) is 17.3 Å². The second kappa shape index (κ2) is 6.22. The third-order valence-corrected chi connectivity index (χ3v) is 6.81. The molecule has 3 N–H and O–H groups in total. The lowest BCUT2D eigenvalue weighted by Crippen LogP contribution is -2.13. The Morgan fingerprint density at radius 3 is 2.40 bits per heavy atom. The van der Waals surface area contributed by atoms with Gasteiger partial charge in [-0.05, 0) is 30.3 Å². The number of rotatable bonds is 5. The minimum absolute atomic E-state index is 0.0560. The molecular weight excluding hydrogens is 388 g/mol. The highest BCUT2D eigenvalue weighted by Gasteiger charge is 2.19. The van der Waals surface area contributed by atoms with Gasteiger partial charge in [0.25, 0.3) is 10.0 Å². The molecule has 0 saturated carbocycles. The number of nitrogens with one attached hydrogen (secondary N) is 1. The van der Waals surface area contributed by atoms with Crippen molar-refractivity contribution in [2.24, 2.45) is 5.14 Å². The van der Waals surface area contributed by atoms with Gasteiger partial charge in [0.15, 0.2) is 0 Å². The van der Waals surface area contributed by atoms with E-state index < -0.39 is 20.0 Å². The Morgan fingerprint density at radius 2 is 1.84 bits per heavy atom. The zero-order valence-electron chi connectivity index (χ0n) is 12.7. The summed E-state index contributed by atoms with van der Waals surface area (Å²) >= 11 is 0.999. The molecule has 0 radical (unpaired) electrons. The minimum Gasteiger partial charge on any atom is -0.339 e. The van der Waals surface area contributed by atoms with Crippen LogP contribution in [0.1, 0.15) is 5.89 Å². The van der Waals surface area contributed by atoms with Gasteiger partial charge in [0.2, 0.25) is 21.7 Å². The van der Waals surface area contributed by atoms with Crippen LogP contribution in [0.5, 0.6) is 0 Å². The topological polar surface area (TPSA) is 145 Å². The van der Waals surface area contributed by atoms with E-state index in [9.17, 15) is 16.8 Å². The lowest BCUT2D eigenvalue weighted by atomic mass is 10.3. The van der Waals surface area contributed by atoms with Crippen molar-refractivity contribution < 1.29 is 21.4 Å². The maximum absolute atomic E-state index is 12.4. The van der Waals surface area contributed by atoms with Crippen LogP contribution in [0.25, 0.3) is 11.4 Å². The van der Waals surface area contributed by atoms with Crippen LogP contribution in [0, 0.1) is 6.92 Å². The second-order valence-corrected chi connectivity index (χ2v) is 9.35. The molecule has 25 heavy (non-hydrogen) atoms. The fourth-order valence-electron chi connectivity index (χ4n) is 1.91. The molecule has 3 aromatic rings. The summed E-state index contributed by atoms with van der Waals surface area (Å²) < 4.78 is 54.6. The first kappa shape index (κ1) is 17.5. The average Bonchev–Trinajstić information content (AvgIpc) is 3.15. The molecule has 2 heterocycles. The lowest BCUT2D eigenvalue weighted by Gasteiger charge is -2.06. The molecule has 2 aromatic heterocycles. The number of anilines is 1. The van der Waals surface area contributed by atoms with E-state index >= 15 is 0 Å². The van der Waals surface area contributed by atoms with Crippen LogP contribution in [0.4, 0.5) is 5.69 Å². The first-order valence-electron chi connectivity index (χ1n) is 6.70. The highest BCUT2D eigenvalue weighted by Crippen LogP contribution is 2.28. The summed E-state index contributed by atoms with van der Waals surface area (Å²) in [5.41, 5.74) is 0.726. The first-order chi connectivity index (χ1) is 11.6. The van der Waals surface area contributed by atoms with Crippen molar-refractivity contribution in [3.63, 3.8) is 0 Å². The summed E-state index contributed by atoms with van der Waals surface area (Å²) in [6.45, 7) is 1.63. The molecule has 0 aliphatic rings. The van der Waals surface area contributed by atoms with E-state index in [1.807, 2.05) is 0 Å². The second-order valence-electron chi connectivity index (χ2n) is 4.97. The van der Waals surface area contributed by atoms with Crippen LogP contribution in [0.3, 0.4) is 0 Å². The summed E-state index contributed by atoms with van der Waals surface area (Å²) in [6, 6.07) is 6.49. The SMILES string of the molecule is Cc1nc(-c2csc(S(=O)(=O)Nc3ccc(S(N)(=O)=O)cc3)c2)no1. The Hall–Kier alpha value is -2.28. The van der Waals surface area contributed by atoms with E-state index in [4.69, 9.17) is 9.66 Å². The molecular formula is C13H12N4O5S3. The maximum atomic E-state index is 12.4. The van der Waals surface area contributed by atoms with Gasteiger partial charge in [-0.3, -0.25) is 4.72 Å². The number of sulfonamides is 2. The summed E-state index contributed by atoms with van der Waals surface area (Å²) in [6.07, 6.45) is 0. The van der Waals surface area contributed by atoms with Crippen LogP contribution in [0.15, 0.2) is 49.3 Å². The molecule has 0 atom stereocenters. The molecule has 0 aliphatic heterocycles. The van der Waals surface area contributed by atoms with Gasteiger partial charge in [-0.1, -0.05) is 5.16 Å². The fourth-order valence-corrected chi connectivity index (χ4v) is 4.64. The van der Waals surface area contributed by atoms with Gasteiger partial charge in [-0.2, -0.15) is 4.98 Å². The third kappa shape index (κ3) is 3.87. The number of nitrogens with two attached hydrogens (primary N) is 1. The van der Waals surface area contributed by atoms with Gasteiger partial charge in [0, 0.05) is 23.6 Å². The summed E-state index contributed by atoms with van der Waals surface area (Å²) in [5.74, 6) is 0.673. The number of benzene rings is 1. The quantitative estimate of drug-likeness (QED) is 0.661. The van der Waals surface area contributed by atoms with Gasteiger partial charge in [0.05, 0.1) is 4.90 Å². The van der Waals surface area contributed by atoms with Crippen LogP contribution < -0.4 is 9.86 Å². The molecule has 0 aliphatic carbocycles. The van der Waals surface area contributed by atoms with Gasteiger partial charge >= 0.3 is 0 Å². The molecule has 9 nitrogen and oxygen atoms in total. The number of nitrogens with zero attached hydrogens (tertiary/aromatic N) is 2. The molecule has 0 unspecified atom stereocenters. The predicted octanol–water partition coefficient (Wildman–Crippen LogP) is 1.55. The Bertz CT molecular complexity index is 1110. The summed E-state index contributed by atoms with van der Waals surface area (Å²) in [5, 5.41) is 10.3. The monoisotopic (exact) mass is 400 g/mol. The van der Waals surface area contributed by atoms with Gasteiger partial charge < -0.3 is 4.52 Å². The zero-order chi connectivity index (χ0) is 18.2. The van der Waals surface area contributed by atoms with Crippen LogP contribution >= 0.6 is 11.3 Å². The van der Waals surface area contributed by atoms with Crippen molar-refractivity contribution >= 4 is 37.1 Å². The molecule has 1 aromatic carbocycles.